The van der Waals surface area contributed by atoms with Gasteiger partial charge in [-0.3, -0.25) is 4.98 Å². The molecule has 0 N–H and O–H groups in total. The Balaban J connectivity index is 1.73. The highest BCUT2D eigenvalue weighted by Crippen LogP contribution is 2.38. The van der Waals surface area contributed by atoms with Gasteiger partial charge >= 0.3 is 0 Å². The number of para-hydroxylation sites is 2. The second-order valence-electron chi connectivity index (χ2n) is 6.82. The molecule has 0 aliphatic carbocycles. The van der Waals surface area contributed by atoms with E-state index in [-0.39, 0.29) is 0 Å². The highest BCUT2D eigenvalue weighted by atomic mass is 16.5. The Kier molecular flexibility index (Phi) is 3.54. The Morgan fingerprint density at radius 3 is 2.44 bits per heavy atom. The SMILES string of the molecule is CC1(c2ccccc2)N=C(c2cnc3ccccc3c2)c2ccccc2O1. The summed E-state index contributed by atoms with van der Waals surface area (Å²) < 4.78 is 6.34. The molecule has 3 aromatic carbocycles. The van der Waals surface area contributed by atoms with Crippen molar-refractivity contribution in [2.24, 2.45) is 4.99 Å². The molecule has 0 saturated carbocycles. The Labute approximate surface area is 158 Å². The van der Waals surface area contributed by atoms with Crippen LogP contribution in [0.25, 0.3) is 10.9 Å². The third-order valence-electron chi connectivity index (χ3n) is 4.95. The fourth-order valence-electron chi connectivity index (χ4n) is 3.55. The Hall–Kier alpha value is -3.46. The fraction of sp³-hybridized carbons (Fsp3) is 0.0833. The van der Waals surface area contributed by atoms with Crippen molar-refractivity contribution in [3.05, 3.63) is 108 Å². The third kappa shape index (κ3) is 2.68. The van der Waals surface area contributed by atoms with E-state index in [2.05, 4.69) is 17.1 Å². The fourth-order valence-corrected chi connectivity index (χ4v) is 3.55. The molecule has 0 fully saturated rings. The summed E-state index contributed by atoms with van der Waals surface area (Å²) in [6.07, 6.45) is 1.90. The molecule has 1 unspecified atom stereocenters. The Morgan fingerprint density at radius 2 is 1.56 bits per heavy atom. The van der Waals surface area contributed by atoms with Gasteiger partial charge in [-0.2, -0.15) is 0 Å². The minimum absolute atomic E-state index is 0.781. The molecule has 1 aliphatic rings. The molecule has 1 atom stereocenters. The predicted octanol–water partition coefficient (Wildman–Crippen LogP) is 5.34. The van der Waals surface area contributed by atoms with Gasteiger partial charge in [-0.1, -0.05) is 60.7 Å². The first kappa shape index (κ1) is 15.8. The average molecular weight is 350 g/mol. The lowest BCUT2D eigenvalue weighted by molar-refractivity contribution is 0.0930. The minimum atomic E-state index is -0.781. The highest BCUT2D eigenvalue weighted by molar-refractivity contribution is 6.16. The Morgan fingerprint density at radius 1 is 0.815 bits per heavy atom. The van der Waals surface area contributed by atoms with E-state index in [9.17, 15) is 0 Å². The van der Waals surface area contributed by atoms with E-state index < -0.39 is 5.72 Å². The van der Waals surface area contributed by atoms with Crippen LogP contribution in [0.5, 0.6) is 5.75 Å². The van der Waals surface area contributed by atoms with Gasteiger partial charge in [-0.25, -0.2) is 4.99 Å². The van der Waals surface area contributed by atoms with Crippen LogP contribution in [0, 0.1) is 0 Å². The maximum absolute atomic E-state index is 6.34. The van der Waals surface area contributed by atoms with Crippen LogP contribution >= 0.6 is 0 Å². The number of aliphatic imine (C=N–C) groups is 1. The van der Waals surface area contributed by atoms with Crippen LogP contribution in [0.4, 0.5) is 0 Å². The van der Waals surface area contributed by atoms with Crippen molar-refractivity contribution in [2.45, 2.75) is 12.6 Å². The van der Waals surface area contributed by atoms with Crippen LogP contribution in [0.1, 0.15) is 23.6 Å². The zero-order valence-corrected chi connectivity index (χ0v) is 15.0. The molecule has 2 heterocycles. The number of hydrogen-bond donors (Lipinski definition) is 0. The first-order valence-electron chi connectivity index (χ1n) is 9.02. The van der Waals surface area contributed by atoms with Crippen molar-refractivity contribution in [1.29, 1.82) is 0 Å². The van der Waals surface area contributed by atoms with E-state index >= 15 is 0 Å². The molecular weight excluding hydrogens is 332 g/mol. The van der Waals surface area contributed by atoms with Crippen LogP contribution in [-0.4, -0.2) is 10.7 Å². The number of aromatic nitrogens is 1. The van der Waals surface area contributed by atoms with Crippen molar-refractivity contribution in [2.75, 3.05) is 0 Å². The molecule has 1 aromatic heterocycles. The van der Waals surface area contributed by atoms with Gasteiger partial charge in [0.25, 0.3) is 0 Å². The summed E-state index contributed by atoms with van der Waals surface area (Å²) >= 11 is 0. The van der Waals surface area contributed by atoms with E-state index in [0.29, 0.717) is 0 Å². The lowest BCUT2D eigenvalue weighted by Crippen LogP contribution is -2.33. The van der Waals surface area contributed by atoms with Gasteiger partial charge < -0.3 is 4.74 Å². The molecule has 0 saturated heterocycles. The van der Waals surface area contributed by atoms with E-state index in [0.717, 1.165) is 39.1 Å². The first-order valence-corrected chi connectivity index (χ1v) is 9.02. The average Bonchev–Trinajstić information content (AvgIpc) is 2.73. The molecule has 5 rings (SSSR count). The van der Waals surface area contributed by atoms with Gasteiger partial charge in [-0.05, 0) is 24.3 Å². The summed E-state index contributed by atoms with van der Waals surface area (Å²) in [6.45, 7) is 2.01. The lowest BCUT2D eigenvalue weighted by atomic mass is 9.96. The number of pyridine rings is 1. The summed E-state index contributed by atoms with van der Waals surface area (Å²) in [6, 6.07) is 28.5. The molecular formula is C24H18N2O. The van der Waals surface area contributed by atoms with E-state index in [1.165, 1.54) is 0 Å². The normalized spacial score (nSPS) is 18.5. The quantitative estimate of drug-likeness (QED) is 0.489. The third-order valence-corrected chi connectivity index (χ3v) is 4.95. The molecule has 3 heteroatoms. The first-order chi connectivity index (χ1) is 13.2. The van der Waals surface area contributed by atoms with Crippen LogP contribution in [0.2, 0.25) is 0 Å². The number of rotatable bonds is 2. The summed E-state index contributed by atoms with van der Waals surface area (Å²) in [5, 5.41) is 1.10. The topological polar surface area (TPSA) is 34.5 Å². The van der Waals surface area contributed by atoms with Gasteiger partial charge in [0.05, 0.1) is 11.2 Å². The van der Waals surface area contributed by atoms with Crippen LogP contribution in [0.3, 0.4) is 0 Å². The zero-order chi connectivity index (χ0) is 18.3. The molecule has 0 bridgehead atoms. The van der Waals surface area contributed by atoms with Crippen LogP contribution < -0.4 is 4.74 Å². The van der Waals surface area contributed by atoms with Gasteiger partial charge in [0, 0.05) is 35.2 Å². The number of fused-ring (bicyclic) bond motifs is 2. The summed E-state index contributed by atoms with van der Waals surface area (Å²) in [5.41, 5.74) is 4.10. The Bertz CT molecular complexity index is 1170. The zero-order valence-electron chi connectivity index (χ0n) is 15.0. The maximum Gasteiger partial charge on any atom is 0.224 e. The van der Waals surface area contributed by atoms with Gasteiger partial charge in [0.15, 0.2) is 0 Å². The second kappa shape index (κ2) is 6.06. The molecule has 4 aromatic rings. The van der Waals surface area contributed by atoms with Crippen molar-refractivity contribution in [3.8, 4) is 5.75 Å². The summed E-state index contributed by atoms with van der Waals surface area (Å²) in [7, 11) is 0. The van der Waals surface area contributed by atoms with Crippen molar-refractivity contribution in [3.63, 3.8) is 0 Å². The lowest BCUT2D eigenvalue weighted by Gasteiger charge is -2.33. The number of benzene rings is 3. The molecule has 0 radical (unpaired) electrons. The predicted molar refractivity (Wildman–Crippen MR) is 108 cm³/mol. The van der Waals surface area contributed by atoms with E-state index in [1.54, 1.807) is 0 Å². The molecule has 27 heavy (non-hydrogen) atoms. The van der Waals surface area contributed by atoms with Crippen LogP contribution in [0.15, 0.2) is 96.1 Å². The van der Waals surface area contributed by atoms with Crippen molar-refractivity contribution in [1.82, 2.24) is 4.98 Å². The smallest absolute Gasteiger partial charge is 0.224 e. The molecule has 1 aliphatic heterocycles. The summed E-state index contributed by atoms with van der Waals surface area (Å²) in [4.78, 5) is 9.68. The number of ether oxygens (including phenoxy) is 1. The second-order valence-corrected chi connectivity index (χ2v) is 6.82. The summed E-state index contributed by atoms with van der Waals surface area (Å²) in [5.74, 6) is 0.835. The molecule has 0 amide bonds. The van der Waals surface area contributed by atoms with E-state index in [1.807, 2.05) is 85.9 Å². The van der Waals surface area contributed by atoms with E-state index in [4.69, 9.17) is 9.73 Å². The van der Waals surface area contributed by atoms with Crippen molar-refractivity contribution >= 4 is 16.6 Å². The molecule has 130 valence electrons. The monoisotopic (exact) mass is 350 g/mol. The highest BCUT2D eigenvalue weighted by Gasteiger charge is 2.34. The number of nitrogens with zero attached hydrogens (tertiary/aromatic N) is 2. The standard InChI is InChI=1S/C24H18N2O/c1-24(19-10-3-2-4-11-19)26-23(20-12-6-8-14-22(20)27-24)18-15-17-9-5-7-13-21(17)25-16-18/h2-16H,1H3. The minimum Gasteiger partial charge on any atom is -0.462 e. The largest absolute Gasteiger partial charge is 0.462 e. The molecule has 0 spiro atoms. The van der Waals surface area contributed by atoms with Gasteiger partial charge in [-0.15, -0.1) is 0 Å². The van der Waals surface area contributed by atoms with Crippen LogP contribution in [-0.2, 0) is 5.72 Å². The van der Waals surface area contributed by atoms with Gasteiger partial charge in [0.1, 0.15) is 5.75 Å². The van der Waals surface area contributed by atoms with Crippen molar-refractivity contribution < 1.29 is 4.74 Å². The molecule has 3 nitrogen and oxygen atoms in total. The number of hydrogen-bond acceptors (Lipinski definition) is 3. The maximum atomic E-state index is 6.34. The van der Waals surface area contributed by atoms with Gasteiger partial charge in [0.2, 0.25) is 5.72 Å².